The molecule has 7 heteroatoms. The molecule has 0 aromatic heterocycles. The second-order valence-electron chi connectivity index (χ2n) is 8.46. The van der Waals surface area contributed by atoms with Crippen LogP contribution >= 0.6 is 0 Å². The molecule has 1 amide bonds. The van der Waals surface area contributed by atoms with Gasteiger partial charge in [0.25, 0.3) is 5.91 Å². The number of aromatic carboxylic acids is 1. The lowest BCUT2D eigenvalue weighted by atomic mass is 9.96. The maximum absolute atomic E-state index is 13.1. The maximum Gasteiger partial charge on any atom is 0.337 e. The van der Waals surface area contributed by atoms with Crippen molar-refractivity contribution in [3.8, 4) is 0 Å². The molecule has 1 atom stereocenters. The van der Waals surface area contributed by atoms with Crippen molar-refractivity contribution >= 4 is 23.3 Å². The number of nitrogens with zero attached hydrogens (tertiary/aromatic N) is 2. The highest BCUT2D eigenvalue weighted by atomic mass is 19.1. The Labute approximate surface area is 181 Å². The SMILES string of the molecule is O=C(Nc1ccc(N2CCC[C@H](CN3CCCC3)C2)c(C(=O)O)c1)c1ccc(F)cc1. The van der Waals surface area contributed by atoms with Crippen molar-refractivity contribution in [2.24, 2.45) is 5.92 Å². The summed E-state index contributed by atoms with van der Waals surface area (Å²) in [5.41, 5.74) is 1.58. The summed E-state index contributed by atoms with van der Waals surface area (Å²) >= 11 is 0. The van der Waals surface area contributed by atoms with Crippen LogP contribution in [0, 0.1) is 11.7 Å². The van der Waals surface area contributed by atoms with Crippen LogP contribution in [0.4, 0.5) is 15.8 Å². The number of nitrogens with one attached hydrogen (secondary N) is 1. The molecule has 2 heterocycles. The standard InChI is InChI=1S/C24H28FN3O3/c25-19-7-5-18(6-8-19)23(29)26-20-9-10-22(21(14-20)24(30)31)28-13-3-4-17(16-28)15-27-11-1-2-12-27/h5-10,14,17H,1-4,11-13,15-16H2,(H,26,29)(H,30,31)/t17-/m1/s1. The van der Waals surface area contributed by atoms with Crippen molar-refractivity contribution in [3.63, 3.8) is 0 Å². The quantitative estimate of drug-likeness (QED) is 0.729. The van der Waals surface area contributed by atoms with Crippen molar-refractivity contribution in [1.82, 2.24) is 4.90 Å². The Bertz CT molecular complexity index is 942. The predicted octanol–water partition coefficient (Wildman–Crippen LogP) is 4.09. The predicted molar refractivity (Wildman–Crippen MR) is 118 cm³/mol. The number of rotatable bonds is 6. The Balaban J connectivity index is 1.48. The van der Waals surface area contributed by atoms with E-state index in [0.29, 0.717) is 22.9 Å². The second-order valence-corrected chi connectivity index (χ2v) is 8.46. The Kier molecular flexibility index (Phi) is 6.51. The van der Waals surface area contributed by atoms with Crippen molar-refractivity contribution < 1.29 is 19.1 Å². The van der Waals surface area contributed by atoms with Crippen LogP contribution in [0.2, 0.25) is 0 Å². The van der Waals surface area contributed by atoms with Crippen LogP contribution in [0.1, 0.15) is 46.4 Å². The van der Waals surface area contributed by atoms with Crippen molar-refractivity contribution in [3.05, 3.63) is 59.4 Å². The van der Waals surface area contributed by atoms with Gasteiger partial charge in [-0.05, 0) is 87.2 Å². The largest absolute Gasteiger partial charge is 0.478 e. The molecule has 2 fully saturated rings. The zero-order valence-electron chi connectivity index (χ0n) is 17.5. The van der Waals surface area contributed by atoms with Gasteiger partial charge >= 0.3 is 5.97 Å². The topological polar surface area (TPSA) is 72.9 Å². The van der Waals surface area contributed by atoms with Crippen LogP contribution < -0.4 is 10.2 Å². The van der Waals surface area contributed by atoms with Crippen LogP contribution in [0.15, 0.2) is 42.5 Å². The average Bonchev–Trinajstić information content (AvgIpc) is 3.27. The van der Waals surface area contributed by atoms with Crippen molar-refractivity contribution in [1.29, 1.82) is 0 Å². The van der Waals surface area contributed by atoms with Crippen LogP contribution in [0.3, 0.4) is 0 Å². The highest BCUT2D eigenvalue weighted by Gasteiger charge is 2.26. The molecule has 0 bridgehead atoms. The van der Waals surface area contributed by atoms with E-state index in [4.69, 9.17) is 0 Å². The maximum atomic E-state index is 13.1. The van der Waals surface area contributed by atoms with Crippen LogP contribution in [0.5, 0.6) is 0 Å². The number of hydrogen-bond acceptors (Lipinski definition) is 4. The smallest absolute Gasteiger partial charge is 0.337 e. The molecule has 2 aromatic carbocycles. The van der Waals surface area contributed by atoms with Crippen molar-refractivity contribution in [2.45, 2.75) is 25.7 Å². The molecule has 4 rings (SSSR count). The molecule has 0 saturated carbocycles. The minimum absolute atomic E-state index is 0.179. The van der Waals surface area contributed by atoms with Crippen LogP contribution in [0.25, 0.3) is 0 Å². The molecule has 6 nitrogen and oxygen atoms in total. The summed E-state index contributed by atoms with van der Waals surface area (Å²) in [5.74, 6) is -1.31. The van der Waals surface area contributed by atoms with E-state index in [9.17, 15) is 19.1 Å². The Morgan fingerprint density at radius 2 is 1.77 bits per heavy atom. The lowest BCUT2D eigenvalue weighted by Gasteiger charge is -2.36. The van der Waals surface area contributed by atoms with E-state index in [1.807, 2.05) is 0 Å². The molecule has 0 spiro atoms. The molecule has 2 N–H and O–H groups in total. The fourth-order valence-corrected chi connectivity index (χ4v) is 4.63. The number of halogens is 1. The molecule has 31 heavy (non-hydrogen) atoms. The number of benzene rings is 2. The van der Waals surface area contributed by atoms with E-state index in [1.54, 1.807) is 12.1 Å². The number of carbonyl (C=O) groups excluding carboxylic acids is 1. The summed E-state index contributed by atoms with van der Waals surface area (Å²) in [6.07, 6.45) is 4.75. The van der Waals surface area contributed by atoms with Crippen LogP contribution in [-0.4, -0.2) is 54.6 Å². The lowest BCUT2D eigenvalue weighted by molar-refractivity contribution is 0.0697. The number of amides is 1. The summed E-state index contributed by atoms with van der Waals surface area (Å²) in [5, 5.41) is 12.5. The van der Waals surface area contributed by atoms with E-state index in [-0.39, 0.29) is 5.56 Å². The molecular formula is C24H28FN3O3. The molecule has 164 valence electrons. The number of hydrogen-bond donors (Lipinski definition) is 2. The molecule has 2 saturated heterocycles. The summed E-state index contributed by atoms with van der Waals surface area (Å²) in [6.45, 7) is 5.08. The lowest BCUT2D eigenvalue weighted by Crippen LogP contribution is -2.41. The monoisotopic (exact) mass is 425 g/mol. The normalized spacial score (nSPS) is 19.4. The molecule has 0 unspecified atom stereocenters. The van der Waals surface area contributed by atoms with E-state index in [1.165, 1.54) is 62.7 Å². The summed E-state index contributed by atoms with van der Waals surface area (Å²) in [7, 11) is 0. The highest BCUT2D eigenvalue weighted by molar-refractivity contribution is 6.05. The molecule has 2 aliphatic heterocycles. The average molecular weight is 426 g/mol. The Morgan fingerprint density at radius 1 is 1.03 bits per heavy atom. The molecule has 2 aromatic rings. The van der Waals surface area contributed by atoms with Gasteiger partial charge in [0.2, 0.25) is 0 Å². The number of carboxylic acid groups (broad SMARTS) is 1. The van der Waals surface area contributed by atoms with Gasteiger partial charge in [-0.3, -0.25) is 4.79 Å². The van der Waals surface area contributed by atoms with Gasteiger partial charge in [0.1, 0.15) is 5.82 Å². The van der Waals surface area contributed by atoms with Gasteiger partial charge < -0.3 is 20.2 Å². The number of carboxylic acids is 1. The van der Waals surface area contributed by atoms with E-state index in [0.717, 1.165) is 26.1 Å². The van der Waals surface area contributed by atoms with Gasteiger partial charge in [0, 0.05) is 30.9 Å². The zero-order chi connectivity index (χ0) is 21.8. The first-order chi connectivity index (χ1) is 15.0. The Morgan fingerprint density at radius 3 is 2.48 bits per heavy atom. The zero-order valence-corrected chi connectivity index (χ0v) is 17.5. The van der Waals surface area contributed by atoms with Gasteiger partial charge in [-0.2, -0.15) is 0 Å². The first-order valence-electron chi connectivity index (χ1n) is 10.9. The minimum atomic E-state index is -1.02. The minimum Gasteiger partial charge on any atom is -0.478 e. The molecule has 0 aliphatic carbocycles. The summed E-state index contributed by atoms with van der Waals surface area (Å²) in [6, 6.07) is 10.2. The third-order valence-electron chi connectivity index (χ3n) is 6.17. The number of piperidine rings is 1. The second kappa shape index (κ2) is 9.47. The fourth-order valence-electron chi connectivity index (χ4n) is 4.63. The van der Waals surface area contributed by atoms with E-state index >= 15 is 0 Å². The first-order valence-corrected chi connectivity index (χ1v) is 10.9. The van der Waals surface area contributed by atoms with E-state index in [2.05, 4.69) is 15.1 Å². The van der Waals surface area contributed by atoms with Gasteiger partial charge in [-0.15, -0.1) is 0 Å². The molecule has 0 radical (unpaired) electrons. The molecule has 2 aliphatic rings. The third-order valence-corrected chi connectivity index (χ3v) is 6.17. The summed E-state index contributed by atoms with van der Waals surface area (Å²) in [4.78, 5) is 29.1. The van der Waals surface area contributed by atoms with Gasteiger partial charge in [-0.25, -0.2) is 9.18 Å². The third kappa shape index (κ3) is 5.22. The number of carbonyl (C=O) groups is 2. The number of anilines is 2. The Hall–Kier alpha value is -2.93. The van der Waals surface area contributed by atoms with E-state index < -0.39 is 17.7 Å². The van der Waals surface area contributed by atoms with Gasteiger partial charge in [0.05, 0.1) is 11.3 Å². The fraction of sp³-hybridized carbons (Fsp3) is 0.417. The number of likely N-dealkylation sites (tertiary alicyclic amines) is 1. The van der Waals surface area contributed by atoms with Gasteiger partial charge in [0.15, 0.2) is 0 Å². The van der Waals surface area contributed by atoms with Crippen molar-refractivity contribution in [2.75, 3.05) is 42.9 Å². The summed E-state index contributed by atoms with van der Waals surface area (Å²) < 4.78 is 13.1. The van der Waals surface area contributed by atoms with Crippen LogP contribution in [-0.2, 0) is 0 Å². The van der Waals surface area contributed by atoms with Gasteiger partial charge in [-0.1, -0.05) is 0 Å². The first kappa shape index (κ1) is 21.3. The highest BCUT2D eigenvalue weighted by Crippen LogP contribution is 2.30. The molecular weight excluding hydrogens is 397 g/mol.